The van der Waals surface area contributed by atoms with Crippen molar-refractivity contribution in [2.45, 2.75) is 25.8 Å². The third-order valence-corrected chi connectivity index (χ3v) is 5.35. The fraction of sp³-hybridized carbons (Fsp3) is 0.190. The molecular weight excluding hydrogens is 384 g/mol. The lowest BCUT2D eigenvalue weighted by Crippen LogP contribution is -2.31. The predicted octanol–water partition coefficient (Wildman–Crippen LogP) is 3.27. The van der Waals surface area contributed by atoms with Crippen LogP contribution in [0.4, 0.5) is 0 Å². The molecule has 146 valence electrons. The number of aromatic nitrogens is 5. The molecule has 1 aromatic carbocycles. The van der Waals surface area contributed by atoms with E-state index in [2.05, 4.69) is 61.7 Å². The highest BCUT2D eigenvalue weighted by Crippen LogP contribution is 2.21. The lowest BCUT2D eigenvalue weighted by Gasteiger charge is -2.18. The number of hydrogen-bond acceptors (Lipinski definition) is 6. The second kappa shape index (κ2) is 8.74. The van der Waals surface area contributed by atoms with Crippen molar-refractivity contribution in [3.05, 3.63) is 82.9 Å². The first-order chi connectivity index (χ1) is 14.2. The minimum Gasteiger partial charge on any atom is -0.347 e. The molecule has 1 atom stereocenters. The minimum absolute atomic E-state index is 0.0952. The van der Waals surface area contributed by atoms with Crippen LogP contribution in [0.25, 0.3) is 10.8 Å². The van der Waals surface area contributed by atoms with Crippen LogP contribution in [0, 0.1) is 6.92 Å². The third kappa shape index (κ3) is 4.91. The van der Waals surface area contributed by atoms with Gasteiger partial charge in [-0.1, -0.05) is 35.9 Å². The van der Waals surface area contributed by atoms with Gasteiger partial charge in [0.25, 0.3) is 0 Å². The van der Waals surface area contributed by atoms with Crippen molar-refractivity contribution >= 4 is 17.2 Å². The monoisotopic (exact) mass is 404 g/mol. The molecule has 1 unspecified atom stereocenters. The van der Waals surface area contributed by atoms with Gasteiger partial charge >= 0.3 is 0 Å². The van der Waals surface area contributed by atoms with Gasteiger partial charge in [-0.15, -0.1) is 11.3 Å². The molecular formula is C21H20N6OS. The molecule has 7 nitrogen and oxygen atoms in total. The quantitative estimate of drug-likeness (QED) is 0.493. The Bertz CT molecular complexity index is 1060. The molecule has 0 fully saturated rings. The Labute approximate surface area is 172 Å². The van der Waals surface area contributed by atoms with Gasteiger partial charge in [0.05, 0.1) is 23.9 Å². The number of hydrogen-bond donors (Lipinski definition) is 2. The lowest BCUT2D eigenvalue weighted by atomic mass is 10.0. The van der Waals surface area contributed by atoms with Crippen molar-refractivity contribution in [1.29, 1.82) is 0 Å². The van der Waals surface area contributed by atoms with Gasteiger partial charge < -0.3 is 5.32 Å². The van der Waals surface area contributed by atoms with E-state index in [9.17, 15) is 4.79 Å². The molecule has 0 saturated carbocycles. The minimum atomic E-state index is -0.209. The molecule has 0 aliphatic rings. The van der Waals surface area contributed by atoms with E-state index < -0.39 is 0 Å². The first kappa shape index (κ1) is 18.9. The summed E-state index contributed by atoms with van der Waals surface area (Å²) >= 11 is 1.43. The lowest BCUT2D eigenvalue weighted by molar-refractivity contribution is -0.121. The molecule has 3 heterocycles. The molecule has 8 heteroatoms. The van der Waals surface area contributed by atoms with Crippen LogP contribution in [-0.2, 0) is 17.6 Å². The largest absolute Gasteiger partial charge is 0.347 e. The first-order valence-corrected chi connectivity index (χ1v) is 10.1. The number of rotatable bonds is 7. The second-order valence-corrected chi connectivity index (χ2v) is 7.58. The van der Waals surface area contributed by atoms with Crippen LogP contribution < -0.4 is 5.32 Å². The number of carbonyl (C=O) groups is 1. The van der Waals surface area contributed by atoms with Gasteiger partial charge in [-0.2, -0.15) is 5.10 Å². The van der Waals surface area contributed by atoms with Gasteiger partial charge in [0, 0.05) is 11.6 Å². The zero-order valence-electron chi connectivity index (χ0n) is 15.9. The zero-order chi connectivity index (χ0) is 20.1. The van der Waals surface area contributed by atoms with Crippen molar-refractivity contribution in [1.82, 2.24) is 30.5 Å². The van der Waals surface area contributed by atoms with E-state index in [4.69, 9.17) is 0 Å². The van der Waals surface area contributed by atoms with E-state index in [0.717, 1.165) is 11.3 Å². The van der Waals surface area contributed by atoms with E-state index >= 15 is 0 Å². The molecule has 29 heavy (non-hydrogen) atoms. The maximum absolute atomic E-state index is 12.7. The van der Waals surface area contributed by atoms with Crippen LogP contribution >= 0.6 is 11.3 Å². The summed E-state index contributed by atoms with van der Waals surface area (Å²) in [6, 6.07) is 13.8. The Balaban J connectivity index is 1.46. The van der Waals surface area contributed by atoms with Gasteiger partial charge in [-0.25, -0.2) is 9.97 Å². The molecule has 0 saturated heterocycles. The smallest absolute Gasteiger partial charge is 0.226 e. The van der Waals surface area contributed by atoms with Gasteiger partial charge in [0.2, 0.25) is 5.91 Å². The van der Waals surface area contributed by atoms with Gasteiger partial charge in [-0.3, -0.25) is 14.9 Å². The number of nitrogens with one attached hydrogen (secondary N) is 2. The number of thiazole rings is 1. The molecule has 4 aromatic rings. The number of benzene rings is 1. The Hall–Kier alpha value is -3.39. The van der Waals surface area contributed by atoms with E-state index in [1.165, 1.54) is 23.2 Å². The molecule has 0 aliphatic heterocycles. The Morgan fingerprint density at radius 3 is 2.76 bits per heavy atom. The first-order valence-electron chi connectivity index (χ1n) is 9.23. The number of carbonyl (C=O) groups excluding carboxylic acids is 1. The van der Waals surface area contributed by atoms with E-state index in [0.29, 0.717) is 22.9 Å². The standard InChI is InChI=1S/C21H20N6OS/c1-14-5-7-15(8-6-14)10-18(17-4-2-3-9-22-17)26-19(28)11-16-12-29-21(25-16)20-23-13-24-27-20/h2-9,12-13,18H,10-11H2,1H3,(H,26,28)(H,23,24,27). The highest BCUT2D eigenvalue weighted by molar-refractivity contribution is 7.13. The number of nitrogens with zero attached hydrogens (tertiary/aromatic N) is 4. The molecule has 1 amide bonds. The van der Waals surface area contributed by atoms with Crippen LogP contribution in [0.1, 0.15) is 28.6 Å². The summed E-state index contributed by atoms with van der Waals surface area (Å²) in [5.41, 5.74) is 3.89. The molecule has 0 aliphatic carbocycles. The highest BCUT2D eigenvalue weighted by atomic mass is 32.1. The summed E-state index contributed by atoms with van der Waals surface area (Å²) in [5.74, 6) is 0.509. The predicted molar refractivity (Wildman–Crippen MR) is 111 cm³/mol. The molecule has 4 rings (SSSR count). The maximum atomic E-state index is 12.7. The summed E-state index contributed by atoms with van der Waals surface area (Å²) in [5, 5.41) is 12.3. The van der Waals surface area contributed by atoms with Crippen molar-refractivity contribution < 1.29 is 4.79 Å². The van der Waals surface area contributed by atoms with Crippen LogP contribution in [0.5, 0.6) is 0 Å². The number of aromatic amines is 1. The summed E-state index contributed by atoms with van der Waals surface area (Å²) in [6.45, 7) is 2.06. The highest BCUT2D eigenvalue weighted by Gasteiger charge is 2.18. The van der Waals surface area contributed by atoms with Crippen LogP contribution in [0.2, 0.25) is 0 Å². The molecule has 0 bridgehead atoms. The normalized spacial score (nSPS) is 11.9. The van der Waals surface area contributed by atoms with Crippen molar-refractivity contribution in [2.24, 2.45) is 0 Å². The second-order valence-electron chi connectivity index (χ2n) is 6.72. The van der Waals surface area contributed by atoms with Crippen LogP contribution in [0.3, 0.4) is 0 Å². The summed E-state index contributed by atoms with van der Waals surface area (Å²) < 4.78 is 0. The fourth-order valence-electron chi connectivity index (χ4n) is 2.99. The van der Waals surface area contributed by atoms with E-state index in [1.54, 1.807) is 6.20 Å². The zero-order valence-corrected chi connectivity index (χ0v) is 16.7. The molecule has 3 aromatic heterocycles. The van der Waals surface area contributed by atoms with Crippen molar-refractivity contribution in [2.75, 3.05) is 0 Å². The van der Waals surface area contributed by atoms with Gasteiger partial charge in [-0.05, 0) is 31.0 Å². The molecule has 2 N–H and O–H groups in total. The summed E-state index contributed by atoms with van der Waals surface area (Å²) in [4.78, 5) is 25.7. The average Bonchev–Trinajstić information content (AvgIpc) is 3.42. The number of H-pyrrole nitrogens is 1. The van der Waals surface area contributed by atoms with E-state index in [1.807, 2.05) is 23.6 Å². The van der Waals surface area contributed by atoms with Gasteiger partial charge in [0.1, 0.15) is 6.33 Å². The molecule has 0 spiro atoms. The third-order valence-electron chi connectivity index (χ3n) is 4.45. The topological polar surface area (TPSA) is 96.5 Å². The van der Waals surface area contributed by atoms with E-state index in [-0.39, 0.29) is 18.4 Å². The summed E-state index contributed by atoms with van der Waals surface area (Å²) in [6.07, 6.45) is 4.05. The van der Waals surface area contributed by atoms with Crippen LogP contribution in [0.15, 0.2) is 60.4 Å². The molecule has 0 radical (unpaired) electrons. The number of pyridine rings is 1. The summed E-state index contributed by atoms with van der Waals surface area (Å²) in [7, 11) is 0. The average molecular weight is 404 g/mol. The maximum Gasteiger partial charge on any atom is 0.226 e. The number of aryl methyl sites for hydroxylation is 1. The Kier molecular flexibility index (Phi) is 5.71. The van der Waals surface area contributed by atoms with Crippen molar-refractivity contribution in [3.63, 3.8) is 0 Å². The van der Waals surface area contributed by atoms with Crippen LogP contribution in [-0.4, -0.2) is 31.1 Å². The fourth-order valence-corrected chi connectivity index (χ4v) is 3.75. The van der Waals surface area contributed by atoms with Gasteiger partial charge in [0.15, 0.2) is 10.8 Å². The van der Waals surface area contributed by atoms with Crippen molar-refractivity contribution in [3.8, 4) is 10.8 Å². The SMILES string of the molecule is Cc1ccc(CC(NC(=O)Cc2csc(-c3ncn[nH]3)n2)c2ccccn2)cc1. The Morgan fingerprint density at radius 2 is 2.03 bits per heavy atom. The number of amides is 1. The Morgan fingerprint density at radius 1 is 1.17 bits per heavy atom.